The van der Waals surface area contributed by atoms with E-state index in [9.17, 15) is 13.6 Å². The van der Waals surface area contributed by atoms with Crippen molar-refractivity contribution >= 4 is 11.6 Å². The summed E-state index contributed by atoms with van der Waals surface area (Å²) in [6.07, 6.45) is 0.847. The van der Waals surface area contributed by atoms with Crippen LogP contribution in [0.5, 0.6) is 0 Å². The summed E-state index contributed by atoms with van der Waals surface area (Å²) in [5.74, 6) is 0.591. The molecule has 1 aromatic carbocycles. The summed E-state index contributed by atoms with van der Waals surface area (Å²) in [5, 5.41) is 2.74. The first-order valence-electron chi connectivity index (χ1n) is 7.24. The molecule has 0 saturated heterocycles. The summed E-state index contributed by atoms with van der Waals surface area (Å²) < 4.78 is 27.4. The number of rotatable bonds is 3. The number of amides is 1. The lowest BCUT2D eigenvalue weighted by molar-refractivity contribution is -0.120. The molecule has 4 nitrogen and oxygen atoms in total. The van der Waals surface area contributed by atoms with E-state index in [1.807, 2.05) is 17.7 Å². The summed E-state index contributed by atoms with van der Waals surface area (Å²) >= 11 is 0. The van der Waals surface area contributed by atoms with Crippen LogP contribution in [0.1, 0.15) is 29.9 Å². The molecule has 0 bridgehead atoms. The Morgan fingerprint density at radius 2 is 2.27 bits per heavy atom. The molecule has 2 aromatic rings. The molecular weight excluding hydrogens is 288 g/mol. The third-order valence-corrected chi connectivity index (χ3v) is 4.07. The standard InChI is InChI=1S/C16H17F2N3O/c1-10-19-8-14-6-5-12(9-21(10)14)16(22)20-13-4-2-3-11(7-13)15(17)18/h2-4,7-8,12,15H,5-6,9H2,1H3,(H,20,22)/t12-/m1/s1. The maximum Gasteiger partial charge on any atom is 0.263 e. The fraction of sp³-hybridized carbons (Fsp3) is 0.375. The van der Waals surface area contributed by atoms with Crippen molar-refractivity contribution in [3.05, 3.63) is 47.5 Å². The number of carbonyl (C=O) groups excluding carboxylic acids is 1. The van der Waals surface area contributed by atoms with Crippen LogP contribution in [0.25, 0.3) is 0 Å². The smallest absolute Gasteiger partial charge is 0.263 e. The fourth-order valence-corrected chi connectivity index (χ4v) is 2.81. The van der Waals surface area contributed by atoms with Gasteiger partial charge in [-0.2, -0.15) is 0 Å². The van der Waals surface area contributed by atoms with Gasteiger partial charge in [0.2, 0.25) is 5.91 Å². The summed E-state index contributed by atoms with van der Waals surface area (Å²) in [7, 11) is 0. The second-order valence-corrected chi connectivity index (χ2v) is 5.56. The topological polar surface area (TPSA) is 46.9 Å². The Morgan fingerprint density at radius 1 is 1.45 bits per heavy atom. The van der Waals surface area contributed by atoms with Crippen molar-refractivity contribution in [2.24, 2.45) is 5.92 Å². The van der Waals surface area contributed by atoms with Crippen LogP contribution in [0.15, 0.2) is 30.5 Å². The number of aromatic nitrogens is 2. The number of nitrogens with zero attached hydrogens (tertiary/aromatic N) is 2. The summed E-state index contributed by atoms with van der Waals surface area (Å²) in [6.45, 7) is 2.50. The molecule has 0 saturated carbocycles. The Balaban J connectivity index is 1.70. The zero-order valence-corrected chi connectivity index (χ0v) is 12.2. The number of aryl methyl sites for hydroxylation is 2. The van der Waals surface area contributed by atoms with Gasteiger partial charge in [0.15, 0.2) is 0 Å². The normalized spacial score (nSPS) is 17.4. The summed E-state index contributed by atoms with van der Waals surface area (Å²) in [5.41, 5.74) is 1.46. The van der Waals surface area contributed by atoms with Gasteiger partial charge in [-0.1, -0.05) is 12.1 Å². The minimum atomic E-state index is -2.54. The third-order valence-electron chi connectivity index (χ3n) is 4.07. The van der Waals surface area contributed by atoms with Crippen molar-refractivity contribution in [1.82, 2.24) is 9.55 Å². The Labute approximate surface area is 127 Å². The molecule has 0 aliphatic carbocycles. The van der Waals surface area contributed by atoms with Crippen molar-refractivity contribution in [3.8, 4) is 0 Å². The fourth-order valence-electron chi connectivity index (χ4n) is 2.81. The highest BCUT2D eigenvalue weighted by atomic mass is 19.3. The minimum Gasteiger partial charge on any atom is -0.331 e. The molecule has 1 N–H and O–H groups in total. The van der Waals surface area contributed by atoms with E-state index in [1.54, 1.807) is 6.07 Å². The Hall–Kier alpha value is -2.24. The van der Waals surface area contributed by atoms with Crippen LogP contribution >= 0.6 is 0 Å². The Bertz CT molecular complexity index is 696. The van der Waals surface area contributed by atoms with Gasteiger partial charge in [-0.05, 0) is 31.9 Å². The number of imidazole rings is 1. The maximum atomic E-state index is 12.7. The van der Waals surface area contributed by atoms with Gasteiger partial charge in [0.1, 0.15) is 5.82 Å². The van der Waals surface area contributed by atoms with Gasteiger partial charge in [0.05, 0.1) is 5.92 Å². The van der Waals surface area contributed by atoms with Crippen molar-refractivity contribution < 1.29 is 13.6 Å². The quantitative estimate of drug-likeness (QED) is 0.945. The van der Waals surface area contributed by atoms with Crippen molar-refractivity contribution in [2.75, 3.05) is 5.32 Å². The van der Waals surface area contributed by atoms with Crippen LogP contribution < -0.4 is 5.32 Å². The lowest BCUT2D eigenvalue weighted by atomic mass is 9.97. The molecule has 0 spiro atoms. The highest BCUT2D eigenvalue weighted by Gasteiger charge is 2.26. The first-order valence-corrected chi connectivity index (χ1v) is 7.24. The average molecular weight is 305 g/mol. The lowest BCUT2D eigenvalue weighted by Gasteiger charge is -2.24. The molecule has 6 heteroatoms. The van der Waals surface area contributed by atoms with Gasteiger partial charge >= 0.3 is 0 Å². The molecule has 0 radical (unpaired) electrons. The van der Waals surface area contributed by atoms with Crippen LogP contribution in [0.2, 0.25) is 0 Å². The molecule has 1 amide bonds. The monoisotopic (exact) mass is 305 g/mol. The van der Waals surface area contributed by atoms with Gasteiger partial charge < -0.3 is 9.88 Å². The zero-order valence-electron chi connectivity index (χ0n) is 12.2. The molecular formula is C16H17F2N3O. The first-order chi connectivity index (χ1) is 10.5. The number of carbonyl (C=O) groups is 1. The average Bonchev–Trinajstić information content (AvgIpc) is 2.88. The van der Waals surface area contributed by atoms with Gasteiger partial charge in [-0.25, -0.2) is 13.8 Å². The molecule has 1 aliphatic rings. The Kier molecular flexibility index (Phi) is 3.92. The van der Waals surface area contributed by atoms with Crippen molar-refractivity contribution in [3.63, 3.8) is 0 Å². The second-order valence-electron chi connectivity index (χ2n) is 5.56. The molecule has 3 rings (SSSR count). The van der Waals surface area contributed by atoms with E-state index in [2.05, 4.69) is 10.3 Å². The largest absolute Gasteiger partial charge is 0.331 e. The number of nitrogens with one attached hydrogen (secondary N) is 1. The maximum absolute atomic E-state index is 12.7. The van der Waals surface area contributed by atoms with Gasteiger partial charge in [0.25, 0.3) is 6.43 Å². The number of fused-ring (bicyclic) bond motifs is 1. The van der Waals surface area contributed by atoms with E-state index >= 15 is 0 Å². The van der Waals surface area contributed by atoms with E-state index in [0.717, 1.165) is 24.4 Å². The molecule has 0 unspecified atom stereocenters. The molecule has 0 fully saturated rings. The summed E-state index contributed by atoms with van der Waals surface area (Å²) in [6, 6.07) is 5.82. The number of hydrogen-bond acceptors (Lipinski definition) is 2. The van der Waals surface area contributed by atoms with Crippen molar-refractivity contribution in [2.45, 2.75) is 32.7 Å². The number of hydrogen-bond donors (Lipinski definition) is 1. The third kappa shape index (κ3) is 2.86. The number of anilines is 1. The van der Waals surface area contributed by atoms with Crippen LogP contribution in [0, 0.1) is 12.8 Å². The van der Waals surface area contributed by atoms with E-state index < -0.39 is 6.43 Å². The van der Waals surface area contributed by atoms with Gasteiger partial charge in [-0.3, -0.25) is 4.79 Å². The van der Waals surface area contributed by atoms with Crippen molar-refractivity contribution in [1.29, 1.82) is 0 Å². The van der Waals surface area contributed by atoms with Crippen LogP contribution in [0.4, 0.5) is 14.5 Å². The number of halogens is 2. The first kappa shape index (κ1) is 14.7. The minimum absolute atomic E-state index is 0.0887. The van der Waals surface area contributed by atoms with Crippen LogP contribution in [-0.2, 0) is 17.8 Å². The summed E-state index contributed by atoms with van der Waals surface area (Å²) in [4.78, 5) is 16.6. The van der Waals surface area contributed by atoms with Gasteiger partial charge in [0, 0.05) is 29.7 Å². The predicted molar refractivity (Wildman–Crippen MR) is 78.8 cm³/mol. The Morgan fingerprint density at radius 3 is 3.05 bits per heavy atom. The number of alkyl halides is 2. The molecule has 2 heterocycles. The van der Waals surface area contributed by atoms with E-state index in [0.29, 0.717) is 12.2 Å². The molecule has 116 valence electrons. The van der Waals surface area contributed by atoms with Gasteiger partial charge in [-0.15, -0.1) is 0 Å². The van der Waals surface area contributed by atoms with Crippen LogP contribution in [-0.4, -0.2) is 15.5 Å². The molecule has 1 aromatic heterocycles. The SMILES string of the molecule is Cc1ncc2n1C[C@H](C(=O)Nc1cccc(C(F)F)c1)CC2. The lowest BCUT2D eigenvalue weighted by Crippen LogP contribution is -2.31. The van der Waals surface area contributed by atoms with E-state index in [1.165, 1.54) is 18.2 Å². The zero-order chi connectivity index (χ0) is 15.7. The predicted octanol–water partition coefficient (Wildman–Crippen LogP) is 3.33. The van der Waals surface area contributed by atoms with E-state index in [-0.39, 0.29) is 17.4 Å². The highest BCUT2D eigenvalue weighted by Crippen LogP contribution is 2.25. The molecule has 1 aliphatic heterocycles. The van der Waals surface area contributed by atoms with Crippen LogP contribution in [0.3, 0.4) is 0 Å². The molecule has 22 heavy (non-hydrogen) atoms. The highest BCUT2D eigenvalue weighted by molar-refractivity contribution is 5.92. The second kappa shape index (κ2) is 5.87. The van der Waals surface area contributed by atoms with E-state index in [4.69, 9.17) is 0 Å². The number of benzene rings is 1. The molecule has 1 atom stereocenters.